The third kappa shape index (κ3) is 4.28. The number of carbonyl (C=O) groups is 1. The smallest absolute Gasteiger partial charge is 0.241 e. The summed E-state index contributed by atoms with van der Waals surface area (Å²) in [6.07, 6.45) is 2.46. The second kappa shape index (κ2) is 7.99. The monoisotopic (exact) mass is 331 g/mol. The van der Waals surface area contributed by atoms with Crippen molar-refractivity contribution in [2.24, 2.45) is 5.92 Å². The van der Waals surface area contributed by atoms with E-state index < -0.39 is 0 Å². The number of carbonyl (C=O) groups excluding carboxylic acids is 1. The van der Waals surface area contributed by atoms with E-state index in [1.807, 2.05) is 19.1 Å². The maximum Gasteiger partial charge on any atom is 0.241 e. The van der Waals surface area contributed by atoms with E-state index in [0.29, 0.717) is 5.92 Å². The number of nitrogens with one attached hydrogen (secondary N) is 1. The van der Waals surface area contributed by atoms with Crippen molar-refractivity contribution in [2.75, 3.05) is 49.6 Å². The molecule has 1 amide bonds. The van der Waals surface area contributed by atoms with Gasteiger partial charge in [0.05, 0.1) is 19.3 Å². The van der Waals surface area contributed by atoms with Crippen LogP contribution < -0.4 is 10.2 Å². The molecule has 1 aromatic rings. The van der Waals surface area contributed by atoms with Crippen LogP contribution in [0.5, 0.6) is 0 Å². The molecule has 2 heterocycles. The molecule has 2 fully saturated rings. The lowest BCUT2D eigenvalue weighted by Crippen LogP contribution is -2.46. The van der Waals surface area contributed by atoms with Gasteiger partial charge in [-0.2, -0.15) is 0 Å². The van der Waals surface area contributed by atoms with E-state index in [0.717, 1.165) is 45.1 Å². The van der Waals surface area contributed by atoms with Crippen LogP contribution in [0.3, 0.4) is 0 Å². The van der Waals surface area contributed by atoms with Gasteiger partial charge in [-0.25, -0.2) is 0 Å². The molecule has 3 rings (SSSR count). The van der Waals surface area contributed by atoms with Crippen LogP contribution in [0.2, 0.25) is 0 Å². The molecule has 2 aliphatic heterocycles. The molecule has 0 unspecified atom stereocenters. The Morgan fingerprint density at radius 2 is 1.92 bits per heavy atom. The number of hydrogen-bond acceptors (Lipinski definition) is 4. The van der Waals surface area contributed by atoms with Crippen molar-refractivity contribution in [3.8, 4) is 0 Å². The summed E-state index contributed by atoms with van der Waals surface area (Å²) in [5.41, 5.74) is 2.06. The molecule has 0 aliphatic carbocycles. The molecule has 1 N–H and O–H groups in total. The van der Waals surface area contributed by atoms with Gasteiger partial charge >= 0.3 is 0 Å². The second-order valence-electron chi connectivity index (χ2n) is 7.05. The van der Waals surface area contributed by atoms with Gasteiger partial charge in [0.25, 0.3) is 0 Å². The van der Waals surface area contributed by atoms with Crippen LogP contribution in [-0.4, -0.2) is 56.2 Å². The number of morpholine rings is 1. The summed E-state index contributed by atoms with van der Waals surface area (Å²) in [5.74, 6) is 0.769. The highest BCUT2D eigenvalue weighted by Gasteiger charge is 2.25. The minimum atomic E-state index is -0.0772. The first-order valence-corrected chi connectivity index (χ1v) is 9.11. The van der Waals surface area contributed by atoms with Crippen molar-refractivity contribution in [3.05, 3.63) is 24.3 Å². The van der Waals surface area contributed by atoms with Crippen LogP contribution in [0.15, 0.2) is 24.3 Å². The first-order chi connectivity index (χ1) is 11.6. The Morgan fingerprint density at radius 1 is 1.21 bits per heavy atom. The maximum atomic E-state index is 12.5. The zero-order chi connectivity index (χ0) is 16.9. The highest BCUT2D eigenvalue weighted by atomic mass is 16.5. The zero-order valence-corrected chi connectivity index (χ0v) is 14.8. The number of ether oxygens (including phenoxy) is 1. The molecular formula is C19H29N3O2. The molecule has 0 bridgehead atoms. The summed E-state index contributed by atoms with van der Waals surface area (Å²) in [4.78, 5) is 17.1. The van der Waals surface area contributed by atoms with Gasteiger partial charge in [-0.05, 0) is 56.5 Å². The fourth-order valence-electron chi connectivity index (χ4n) is 3.57. The van der Waals surface area contributed by atoms with Crippen molar-refractivity contribution in [1.29, 1.82) is 0 Å². The minimum Gasteiger partial charge on any atom is -0.378 e. The van der Waals surface area contributed by atoms with Crippen LogP contribution in [0, 0.1) is 5.92 Å². The number of likely N-dealkylation sites (tertiary alicyclic amines) is 1. The molecule has 5 heteroatoms. The molecule has 2 atom stereocenters. The Balaban J connectivity index is 1.55. The molecule has 0 aromatic heterocycles. The molecule has 0 radical (unpaired) electrons. The van der Waals surface area contributed by atoms with E-state index in [1.165, 1.54) is 18.5 Å². The fraction of sp³-hybridized carbons (Fsp3) is 0.632. The lowest BCUT2D eigenvalue weighted by atomic mass is 9.99. The van der Waals surface area contributed by atoms with E-state index in [-0.39, 0.29) is 11.9 Å². The number of piperidine rings is 1. The molecular weight excluding hydrogens is 302 g/mol. The van der Waals surface area contributed by atoms with Gasteiger partial charge in [0.1, 0.15) is 0 Å². The fourth-order valence-corrected chi connectivity index (χ4v) is 3.57. The number of anilines is 2. The average Bonchev–Trinajstić information content (AvgIpc) is 2.62. The summed E-state index contributed by atoms with van der Waals surface area (Å²) in [6.45, 7) is 9.73. The van der Waals surface area contributed by atoms with Crippen molar-refractivity contribution < 1.29 is 9.53 Å². The summed E-state index contributed by atoms with van der Waals surface area (Å²) >= 11 is 0. The topological polar surface area (TPSA) is 44.8 Å². The van der Waals surface area contributed by atoms with Crippen molar-refractivity contribution in [1.82, 2.24) is 4.90 Å². The Labute approximate surface area is 145 Å². The van der Waals surface area contributed by atoms with Crippen molar-refractivity contribution in [2.45, 2.75) is 32.7 Å². The third-order valence-corrected chi connectivity index (χ3v) is 5.13. The first-order valence-electron chi connectivity index (χ1n) is 9.11. The van der Waals surface area contributed by atoms with Gasteiger partial charge in [-0.3, -0.25) is 9.69 Å². The predicted octanol–water partition coefficient (Wildman–Crippen LogP) is 2.58. The lowest BCUT2D eigenvalue weighted by Gasteiger charge is -2.34. The number of benzene rings is 1. The number of hydrogen-bond donors (Lipinski definition) is 1. The lowest BCUT2D eigenvalue weighted by molar-refractivity contribution is -0.121. The van der Waals surface area contributed by atoms with E-state index >= 15 is 0 Å². The van der Waals surface area contributed by atoms with Crippen molar-refractivity contribution >= 4 is 17.3 Å². The van der Waals surface area contributed by atoms with Crippen molar-refractivity contribution in [3.63, 3.8) is 0 Å². The molecule has 2 saturated heterocycles. The first kappa shape index (κ1) is 17.2. The number of amides is 1. The highest BCUT2D eigenvalue weighted by Crippen LogP contribution is 2.21. The Bertz CT molecular complexity index is 540. The zero-order valence-electron chi connectivity index (χ0n) is 14.8. The summed E-state index contributed by atoms with van der Waals surface area (Å²) in [6, 6.07) is 8.07. The third-order valence-electron chi connectivity index (χ3n) is 5.13. The van der Waals surface area contributed by atoms with E-state index in [1.54, 1.807) is 0 Å². The van der Waals surface area contributed by atoms with Crippen LogP contribution in [0.4, 0.5) is 11.4 Å². The van der Waals surface area contributed by atoms with Gasteiger partial charge in [0.2, 0.25) is 5.91 Å². The SMILES string of the molecule is C[C@@H]1CCCN([C@H](C)C(=O)Nc2ccc(N3CCOCC3)cc2)C1. The Kier molecular flexibility index (Phi) is 5.74. The van der Waals surface area contributed by atoms with Gasteiger partial charge in [-0.1, -0.05) is 6.92 Å². The van der Waals surface area contributed by atoms with Gasteiger partial charge in [0, 0.05) is 31.0 Å². The second-order valence-corrected chi connectivity index (χ2v) is 7.05. The van der Waals surface area contributed by atoms with Crippen LogP contribution in [-0.2, 0) is 9.53 Å². The summed E-state index contributed by atoms with van der Waals surface area (Å²) in [5, 5.41) is 3.06. The van der Waals surface area contributed by atoms with E-state index in [2.05, 4.69) is 34.2 Å². The average molecular weight is 331 g/mol. The largest absolute Gasteiger partial charge is 0.378 e. The number of nitrogens with zero attached hydrogens (tertiary/aromatic N) is 2. The molecule has 0 spiro atoms. The maximum absolute atomic E-state index is 12.5. The molecule has 132 valence electrons. The molecule has 1 aromatic carbocycles. The minimum absolute atomic E-state index is 0.0772. The van der Waals surface area contributed by atoms with E-state index in [9.17, 15) is 4.79 Å². The van der Waals surface area contributed by atoms with Crippen LogP contribution in [0.25, 0.3) is 0 Å². The molecule has 2 aliphatic rings. The molecule has 5 nitrogen and oxygen atoms in total. The van der Waals surface area contributed by atoms with Gasteiger partial charge in [0.15, 0.2) is 0 Å². The highest BCUT2D eigenvalue weighted by molar-refractivity contribution is 5.94. The normalized spacial score (nSPS) is 23.8. The van der Waals surface area contributed by atoms with Gasteiger partial charge in [-0.15, -0.1) is 0 Å². The van der Waals surface area contributed by atoms with Crippen LogP contribution >= 0.6 is 0 Å². The van der Waals surface area contributed by atoms with Crippen LogP contribution in [0.1, 0.15) is 26.7 Å². The Morgan fingerprint density at radius 3 is 2.58 bits per heavy atom. The Hall–Kier alpha value is -1.59. The molecule has 0 saturated carbocycles. The molecule has 24 heavy (non-hydrogen) atoms. The van der Waals surface area contributed by atoms with Gasteiger partial charge < -0.3 is 15.0 Å². The summed E-state index contributed by atoms with van der Waals surface area (Å²) in [7, 11) is 0. The quantitative estimate of drug-likeness (QED) is 0.921. The van der Waals surface area contributed by atoms with E-state index in [4.69, 9.17) is 4.74 Å². The predicted molar refractivity (Wildman–Crippen MR) is 97.5 cm³/mol. The number of rotatable bonds is 4. The summed E-state index contributed by atoms with van der Waals surface area (Å²) < 4.78 is 5.39. The standard InChI is InChI=1S/C19H29N3O2/c1-15-4-3-9-22(14-15)16(2)19(23)20-17-5-7-18(8-6-17)21-10-12-24-13-11-21/h5-8,15-16H,3-4,9-14H2,1-2H3,(H,20,23)/t15-,16-/m1/s1.